The van der Waals surface area contributed by atoms with E-state index in [1.54, 1.807) is 6.07 Å². The molecule has 1 aliphatic heterocycles. The number of nitrogens with zero attached hydrogens (tertiary/aromatic N) is 2. The largest absolute Gasteiger partial charge is 0.416 e. The van der Waals surface area contributed by atoms with Gasteiger partial charge in [-0.2, -0.15) is 4.31 Å². The second-order valence-electron chi connectivity index (χ2n) is 5.48. The lowest BCUT2D eigenvalue weighted by molar-refractivity contribution is 0.170. The number of hydrogen-bond acceptors (Lipinski definition) is 6. The summed E-state index contributed by atoms with van der Waals surface area (Å²) >= 11 is 6.03. The van der Waals surface area contributed by atoms with Crippen molar-refractivity contribution in [1.29, 1.82) is 0 Å². The van der Waals surface area contributed by atoms with Gasteiger partial charge in [-0.1, -0.05) is 17.7 Å². The molecular weight excluding hydrogens is 356 g/mol. The molecular formula is C14H17ClN4O4S. The van der Waals surface area contributed by atoms with Gasteiger partial charge in [0, 0.05) is 32.4 Å². The van der Waals surface area contributed by atoms with Crippen LogP contribution in [0.15, 0.2) is 38.5 Å². The van der Waals surface area contributed by atoms with Gasteiger partial charge >= 0.3 is 5.76 Å². The van der Waals surface area contributed by atoms with Crippen LogP contribution in [-0.4, -0.2) is 48.8 Å². The number of aromatic amines is 1. The van der Waals surface area contributed by atoms with Crippen LogP contribution in [-0.2, 0) is 16.6 Å². The van der Waals surface area contributed by atoms with Crippen molar-refractivity contribution in [3.05, 3.63) is 45.7 Å². The molecule has 130 valence electrons. The molecule has 2 aromatic rings. The number of aromatic nitrogens is 1. The van der Waals surface area contributed by atoms with Crippen molar-refractivity contribution in [2.45, 2.75) is 11.4 Å². The monoisotopic (exact) mass is 372 g/mol. The van der Waals surface area contributed by atoms with Crippen LogP contribution in [0.5, 0.6) is 0 Å². The Hall–Kier alpha value is -1.81. The van der Waals surface area contributed by atoms with Gasteiger partial charge in [-0.25, -0.2) is 13.2 Å². The maximum atomic E-state index is 12.8. The number of piperazine rings is 1. The fourth-order valence-electron chi connectivity index (χ4n) is 2.67. The van der Waals surface area contributed by atoms with Gasteiger partial charge in [-0.3, -0.25) is 9.88 Å². The van der Waals surface area contributed by atoms with Crippen LogP contribution in [0.25, 0.3) is 0 Å². The first-order valence-electron chi connectivity index (χ1n) is 7.32. The minimum absolute atomic E-state index is 0.0447. The van der Waals surface area contributed by atoms with Crippen molar-refractivity contribution in [2.24, 2.45) is 0 Å². The highest BCUT2D eigenvalue weighted by atomic mass is 35.5. The highest BCUT2D eigenvalue weighted by molar-refractivity contribution is 7.89. The molecule has 0 spiro atoms. The van der Waals surface area contributed by atoms with E-state index in [0.29, 0.717) is 38.5 Å². The van der Waals surface area contributed by atoms with Crippen LogP contribution >= 0.6 is 11.6 Å². The molecule has 1 fully saturated rings. The Labute approximate surface area is 143 Å². The molecule has 1 aromatic carbocycles. The van der Waals surface area contributed by atoms with Crippen molar-refractivity contribution < 1.29 is 12.8 Å². The number of nitrogens with two attached hydrogens (primary N) is 1. The molecule has 0 saturated carbocycles. The van der Waals surface area contributed by atoms with Crippen molar-refractivity contribution in [3.63, 3.8) is 0 Å². The maximum absolute atomic E-state index is 12.8. The normalized spacial score (nSPS) is 17.2. The maximum Gasteiger partial charge on any atom is 0.416 e. The molecule has 10 heteroatoms. The predicted octanol–water partition coefficient (Wildman–Crippen LogP) is 0.710. The molecule has 0 aliphatic carbocycles. The number of hydrogen-bond donors (Lipinski definition) is 2. The van der Waals surface area contributed by atoms with Gasteiger partial charge in [0.2, 0.25) is 10.0 Å². The number of benzene rings is 1. The number of nitrogens with one attached hydrogen (secondary N) is 1. The molecule has 0 bridgehead atoms. The summed E-state index contributed by atoms with van der Waals surface area (Å²) in [4.78, 5) is 15.4. The minimum Gasteiger partial charge on any atom is -0.412 e. The third-order valence-corrected chi connectivity index (χ3v) is 6.32. The molecule has 3 rings (SSSR count). The van der Waals surface area contributed by atoms with E-state index in [1.165, 1.54) is 22.6 Å². The first-order chi connectivity index (χ1) is 11.4. The molecule has 0 unspecified atom stereocenters. The highest BCUT2D eigenvalue weighted by Crippen LogP contribution is 2.30. The molecule has 0 amide bonds. The van der Waals surface area contributed by atoms with Gasteiger partial charge in [-0.15, -0.1) is 0 Å². The molecule has 3 N–H and O–H groups in total. The van der Waals surface area contributed by atoms with E-state index in [4.69, 9.17) is 21.8 Å². The topological polar surface area (TPSA) is 113 Å². The summed E-state index contributed by atoms with van der Waals surface area (Å²) in [5.41, 5.74) is 5.94. The Morgan fingerprint density at radius 2 is 1.96 bits per heavy atom. The van der Waals surface area contributed by atoms with Crippen LogP contribution in [0.4, 0.5) is 5.69 Å². The molecule has 2 heterocycles. The van der Waals surface area contributed by atoms with Crippen LogP contribution in [0.2, 0.25) is 5.02 Å². The number of nitrogen functional groups attached to an aromatic ring is 1. The summed E-state index contributed by atoms with van der Waals surface area (Å²) in [5, 5.41) is 0.117. The Balaban J connectivity index is 1.71. The lowest BCUT2D eigenvalue weighted by atomic mass is 10.3. The van der Waals surface area contributed by atoms with Crippen molar-refractivity contribution in [3.8, 4) is 0 Å². The smallest absolute Gasteiger partial charge is 0.412 e. The van der Waals surface area contributed by atoms with E-state index >= 15 is 0 Å². The van der Waals surface area contributed by atoms with E-state index in [1.807, 2.05) is 4.90 Å². The summed E-state index contributed by atoms with van der Waals surface area (Å²) in [6, 6.07) is 4.64. The van der Waals surface area contributed by atoms with Gasteiger partial charge < -0.3 is 10.2 Å². The number of H-pyrrole nitrogens is 1. The third-order valence-electron chi connectivity index (χ3n) is 3.88. The van der Waals surface area contributed by atoms with Gasteiger partial charge in [0.05, 0.1) is 17.3 Å². The van der Waals surface area contributed by atoms with Gasteiger partial charge in [0.25, 0.3) is 0 Å². The number of rotatable bonds is 4. The van der Waals surface area contributed by atoms with Gasteiger partial charge in [0.1, 0.15) is 10.7 Å². The molecule has 1 aliphatic rings. The summed E-state index contributed by atoms with van der Waals surface area (Å²) in [5.74, 6) is 0.0204. The predicted molar refractivity (Wildman–Crippen MR) is 89.2 cm³/mol. The van der Waals surface area contributed by atoms with E-state index in [0.717, 1.165) is 0 Å². The lowest BCUT2D eigenvalue weighted by Crippen LogP contribution is -2.48. The SMILES string of the molecule is Nc1cccc(Cl)c1S(=O)(=O)N1CCN(Cc2c[nH]c(=O)o2)CC1. The molecule has 0 atom stereocenters. The Bertz CT molecular complexity index is 864. The Morgan fingerprint density at radius 1 is 1.25 bits per heavy atom. The third kappa shape index (κ3) is 3.34. The molecule has 0 radical (unpaired) electrons. The number of halogens is 1. The van der Waals surface area contributed by atoms with Crippen molar-refractivity contribution in [2.75, 3.05) is 31.9 Å². The summed E-state index contributed by atoms with van der Waals surface area (Å²) in [7, 11) is -3.75. The number of anilines is 1. The fourth-order valence-corrected chi connectivity index (χ4v) is 4.73. The van der Waals surface area contributed by atoms with Crippen LogP contribution in [0, 0.1) is 0 Å². The van der Waals surface area contributed by atoms with Crippen molar-refractivity contribution in [1.82, 2.24) is 14.2 Å². The number of sulfonamides is 1. The highest BCUT2D eigenvalue weighted by Gasteiger charge is 2.31. The molecule has 8 nitrogen and oxygen atoms in total. The second-order valence-corrected chi connectivity index (χ2v) is 7.76. The zero-order valence-electron chi connectivity index (χ0n) is 12.7. The Kier molecular flexibility index (Phi) is 4.68. The number of oxazole rings is 1. The van der Waals surface area contributed by atoms with Gasteiger partial charge in [-0.05, 0) is 12.1 Å². The molecule has 1 saturated heterocycles. The van der Waals surface area contributed by atoms with Crippen molar-refractivity contribution >= 4 is 27.3 Å². The van der Waals surface area contributed by atoms with Crippen LogP contribution in [0.3, 0.4) is 0 Å². The first-order valence-corrected chi connectivity index (χ1v) is 9.13. The van der Waals surface area contributed by atoms with Crippen LogP contribution in [0.1, 0.15) is 5.76 Å². The molecule has 1 aromatic heterocycles. The van der Waals surface area contributed by atoms with E-state index in [9.17, 15) is 13.2 Å². The summed E-state index contributed by atoms with van der Waals surface area (Å²) in [6.45, 7) is 2.08. The van der Waals surface area contributed by atoms with Gasteiger partial charge in [0.15, 0.2) is 0 Å². The zero-order chi connectivity index (χ0) is 17.3. The van der Waals surface area contributed by atoms with E-state index < -0.39 is 15.8 Å². The molecule has 24 heavy (non-hydrogen) atoms. The summed E-state index contributed by atoms with van der Waals surface area (Å²) in [6.07, 6.45) is 1.51. The Morgan fingerprint density at radius 3 is 2.54 bits per heavy atom. The lowest BCUT2D eigenvalue weighted by Gasteiger charge is -2.33. The quantitative estimate of drug-likeness (QED) is 0.764. The fraction of sp³-hybridized carbons (Fsp3) is 0.357. The zero-order valence-corrected chi connectivity index (χ0v) is 14.3. The average Bonchev–Trinajstić information content (AvgIpc) is 2.92. The average molecular weight is 373 g/mol. The standard InChI is InChI=1S/C14H17ClN4O4S/c15-11-2-1-3-12(16)13(11)24(21,22)19-6-4-18(5-7-19)9-10-8-17-14(20)23-10/h1-3,8H,4-7,9,16H2,(H,17,20). The summed E-state index contributed by atoms with van der Waals surface area (Å²) < 4.78 is 31.9. The minimum atomic E-state index is -3.75. The second kappa shape index (κ2) is 6.60. The van der Waals surface area contributed by atoms with Crippen LogP contribution < -0.4 is 11.5 Å². The van der Waals surface area contributed by atoms with E-state index in [2.05, 4.69) is 4.98 Å². The van der Waals surface area contributed by atoms with E-state index in [-0.39, 0.29) is 15.6 Å². The first kappa shape index (κ1) is 17.0.